The zero-order chi connectivity index (χ0) is 24.5. The third-order valence-electron chi connectivity index (χ3n) is 6.15. The molecule has 0 bridgehead atoms. The van der Waals surface area contributed by atoms with Gasteiger partial charge in [-0.05, 0) is 19.4 Å². The molecule has 4 heterocycles. The molecule has 0 saturated carbocycles. The molecular weight excluding hydrogens is 461 g/mol. The number of aryl methyl sites for hydroxylation is 2. The van der Waals surface area contributed by atoms with Crippen LogP contribution in [0.1, 0.15) is 40.4 Å². The topological polar surface area (TPSA) is 84.6 Å². The van der Waals surface area contributed by atoms with Gasteiger partial charge in [0.15, 0.2) is 11.4 Å². The number of aromatic amines is 1. The zero-order valence-corrected chi connectivity index (χ0v) is 18.2. The number of nitrogens with one attached hydrogen (secondary N) is 1. The lowest BCUT2D eigenvalue weighted by Crippen LogP contribution is -2.39. The molecule has 1 amide bonds. The maximum atomic E-state index is 14.4. The van der Waals surface area contributed by atoms with E-state index in [9.17, 15) is 26.7 Å². The second-order valence-corrected chi connectivity index (χ2v) is 8.17. The van der Waals surface area contributed by atoms with Crippen LogP contribution < -0.4 is 0 Å². The van der Waals surface area contributed by atoms with Gasteiger partial charge >= 0.3 is 6.18 Å². The molecule has 1 aliphatic rings. The first-order valence-electron chi connectivity index (χ1n) is 10.3. The molecule has 0 saturated heterocycles. The van der Waals surface area contributed by atoms with Crippen LogP contribution in [0, 0.1) is 11.6 Å². The van der Waals surface area contributed by atoms with Gasteiger partial charge in [-0.15, -0.1) is 0 Å². The summed E-state index contributed by atoms with van der Waals surface area (Å²) >= 11 is 0. The van der Waals surface area contributed by atoms with E-state index >= 15 is 0 Å². The SMILES string of the molecule is CC1c2nn(C)c(-c3cnn(C)c3C(F)(F)F)c2CCN1C(=O)c1n[nH]c2cc(F)cc(F)c12. The molecule has 34 heavy (non-hydrogen) atoms. The summed E-state index contributed by atoms with van der Waals surface area (Å²) in [6.07, 6.45) is -3.25. The Morgan fingerprint density at radius 2 is 1.91 bits per heavy atom. The summed E-state index contributed by atoms with van der Waals surface area (Å²) in [7, 11) is 2.75. The fraction of sp³-hybridized carbons (Fsp3) is 0.333. The average molecular weight is 479 g/mol. The summed E-state index contributed by atoms with van der Waals surface area (Å²) in [5.74, 6) is -2.33. The first-order valence-corrected chi connectivity index (χ1v) is 10.3. The molecule has 178 valence electrons. The Bertz CT molecular complexity index is 1450. The number of nitrogens with zero attached hydrogens (tertiary/aromatic N) is 6. The molecule has 13 heteroatoms. The molecule has 1 N–H and O–H groups in total. The number of H-pyrrole nitrogens is 1. The third-order valence-corrected chi connectivity index (χ3v) is 6.15. The van der Waals surface area contributed by atoms with Crippen LogP contribution in [0.15, 0.2) is 18.3 Å². The van der Waals surface area contributed by atoms with E-state index in [2.05, 4.69) is 20.4 Å². The summed E-state index contributed by atoms with van der Waals surface area (Å²) < 4.78 is 71.1. The number of halogens is 5. The molecule has 1 aliphatic heterocycles. The standard InChI is InChI=1S/C21H18F5N7O/c1-9-16-11(18(31(2)30-16)12-8-27-32(3)19(12)21(24,25)26)4-5-33(9)20(34)17-15-13(23)6-10(22)7-14(15)28-29-17/h6-9H,4-5H2,1-3H3,(H,28,29). The Balaban J connectivity index is 1.55. The van der Waals surface area contributed by atoms with E-state index < -0.39 is 35.5 Å². The second-order valence-electron chi connectivity index (χ2n) is 8.17. The van der Waals surface area contributed by atoms with E-state index in [4.69, 9.17) is 0 Å². The number of hydrogen-bond donors (Lipinski definition) is 1. The molecule has 1 atom stereocenters. The smallest absolute Gasteiger partial charge is 0.328 e. The Hall–Kier alpha value is -3.77. The van der Waals surface area contributed by atoms with Gasteiger partial charge in [-0.25, -0.2) is 8.78 Å². The van der Waals surface area contributed by atoms with Gasteiger partial charge in [0.2, 0.25) is 0 Å². The highest BCUT2D eigenvalue weighted by molar-refractivity contribution is 6.05. The van der Waals surface area contributed by atoms with Crippen molar-refractivity contribution in [2.75, 3.05) is 6.54 Å². The largest absolute Gasteiger partial charge is 0.433 e. The molecule has 3 aromatic heterocycles. The fourth-order valence-corrected chi connectivity index (χ4v) is 4.67. The fourth-order valence-electron chi connectivity index (χ4n) is 4.67. The highest BCUT2D eigenvalue weighted by Crippen LogP contribution is 2.41. The lowest BCUT2D eigenvalue weighted by Gasteiger charge is -2.32. The van der Waals surface area contributed by atoms with Crippen molar-refractivity contribution in [2.24, 2.45) is 14.1 Å². The minimum Gasteiger partial charge on any atom is -0.328 e. The van der Waals surface area contributed by atoms with E-state index in [-0.39, 0.29) is 40.8 Å². The summed E-state index contributed by atoms with van der Waals surface area (Å²) in [5.41, 5.74) is 0.142. The van der Waals surface area contributed by atoms with Gasteiger partial charge in [-0.2, -0.15) is 28.5 Å². The van der Waals surface area contributed by atoms with Crippen molar-refractivity contribution in [3.63, 3.8) is 0 Å². The van der Waals surface area contributed by atoms with Gasteiger partial charge in [0, 0.05) is 32.3 Å². The van der Waals surface area contributed by atoms with Crippen molar-refractivity contribution < 1.29 is 26.7 Å². The average Bonchev–Trinajstić information content (AvgIpc) is 3.42. The van der Waals surface area contributed by atoms with Crippen LogP contribution in [-0.4, -0.2) is 47.1 Å². The number of alkyl halides is 3. The molecule has 8 nitrogen and oxygen atoms in total. The molecule has 4 aromatic rings. The van der Waals surface area contributed by atoms with Crippen LogP contribution in [0.2, 0.25) is 0 Å². The lowest BCUT2D eigenvalue weighted by molar-refractivity contribution is -0.143. The summed E-state index contributed by atoms with van der Waals surface area (Å²) in [4.78, 5) is 14.7. The number of carbonyl (C=O) groups is 1. The van der Waals surface area contributed by atoms with Crippen molar-refractivity contribution >= 4 is 16.8 Å². The predicted octanol–water partition coefficient (Wildman–Crippen LogP) is 3.75. The summed E-state index contributed by atoms with van der Waals surface area (Å²) in [6.45, 7) is 1.83. The van der Waals surface area contributed by atoms with E-state index in [1.54, 1.807) is 6.92 Å². The Morgan fingerprint density at radius 1 is 1.18 bits per heavy atom. The third kappa shape index (κ3) is 3.17. The Kier molecular flexibility index (Phi) is 4.78. The maximum absolute atomic E-state index is 14.4. The Morgan fingerprint density at radius 3 is 2.62 bits per heavy atom. The van der Waals surface area contributed by atoms with Gasteiger partial charge in [-0.3, -0.25) is 19.3 Å². The first kappa shape index (κ1) is 22.0. The highest BCUT2D eigenvalue weighted by Gasteiger charge is 2.41. The molecule has 0 fully saturated rings. The number of hydrogen-bond acceptors (Lipinski definition) is 4. The molecule has 5 rings (SSSR count). The van der Waals surface area contributed by atoms with E-state index in [1.807, 2.05) is 0 Å². The van der Waals surface area contributed by atoms with E-state index in [0.29, 0.717) is 17.3 Å². The Labute approximate surface area is 189 Å². The van der Waals surface area contributed by atoms with Crippen LogP contribution in [0.5, 0.6) is 0 Å². The molecule has 0 spiro atoms. The first-order chi connectivity index (χ1) is 16.0. The van der Waals surface area contributed by atoms with Gasteiger partial charge in [-0.1, -0.05) is 0 Å². The van der Waals surface area contributed by atoms with Crippen LogP contribution in [-0.2, 0) is 26.7 Å². The number of amides is 1. The van der Waals surface area contributed by atoms with E-state index in [0.717, 1.165) is 16.9 Å². The van der Waals surface area contributed by atoms with Crippen molar-refractivity contribution in [3.05, 3.63) is 52.6 Å². The quantitative estimate of drug-likeness (QED) is 0.444. The zero-order valence-electron chi connectivity index (χ0n) is 18.2. The van der Waals surface area contributed by atoms with Crippen LogP contribution in [0.3, 0.4) is 0 Å². The monoisotopic (exact) mass is 479 g/mol. The van der Waals surface area contributed by atoms with Gasteiger partial charge < -0.3 is 4.90 Å². The van der Waals surface area contributed by atoms with Gasteiger partial charge in [0.05, 0.1) is 40.1 Å². The molecule has 1 unspecified atom stereocenters. The van der Waals surface area contributed by atoms with Crippen LogP contribution >= 0.6 is 0 Å². The lowest BCUT2D eigenvalue weighted by atomic mass is 9.95. The van der Waals surface area contributed by atoms with Crippen molar-refractivity contribution in [2.45, 2.75) is 25.6 Å². The van der Waals surface area contributed by atoms with E-state index in [1.165, 1.54) is 23.7 Å². The number of rotatable bonds is 2. The number of fused-ring (bicyclic) bond motifs is 2. The van der Waals surface area contributed by atoms with Gasteiger partial charge in [0.25, 0.3) is 5.91 Å². The van der Waals surface area contributed by atoms with Crippen molar-refractivity contribution in [1.82, 2.24) is 34.7 Å². The predicted molar refractivity (Wildman–Crippen MR) is 110 cm³/mol. The van der Waals surface area contributed by atoms with Crippen LogP contribution in [0.25, 0.3) is 22.2 Å². The van der Waals surface area contributed by atoms with Crippen LogP contribution in [0.4, 0.5) is 22.0 Å². The minimum absolute atomic E-state index is 0.0441. The molecule has 0 radical (unpaired) electrons. The minimum atomic E-state index is -4.62. The number of carbonyl (C=O) groups excluding carboxylic acids is 1. The van der Waals surface area contributed by atoms with Crippen molar-refractivity contribution in [3.8, 4) is 11.3 Å². The van der Waals surface area contributed by atoms with Gasteiger partial charge in [0.1, 0.15) is 11.6 Å². The second kappa shape index (κ2) is 7.37. The molecular formula is C21H18F5N7O. The summed E-state index contributed by atoms with van der Waals surface area (Å²) in [5, 5.41) is 14.4. The maximum Gasteiger partial charge on any atom is 0.433 e. The highest BCUT2D eigenvalue weighted by atomic mass is 19.4. The number of benzene rings is 1. The van der Waals surface area contributed by atoms with Crippen molar-refractivity contribution in [1.29, 1.82) is 0 Å². The number of aromatic nitrogens is 6. The summed E-state index contributed by atoms with van der Waals surface area (Å²) in [6, 6.07) is 1.08. The normalized spacial score (nSPS) is 16.4. The molecule has 0 aliphatic carbocycles. The molecule has 1 aromatic carbocycles.